The minimum atomic E-state index is -1.08. The highest BCUT2D eigenvalue weighted by molar-refractivity contribution is 7.15. The fourth-order valence-corrected chi connectivity index (χ4v) is 4.65. The highest BCUT2D eigenvalue weighted by Gasteiger charge is 2.26. The Labute approximate surface area is 184 Å². The summed E-state index contributed by atoms with van der Waals surface area (Å²) in [7, 11) is 0. The molecule has 8 nitrogen and oxygen atoms in total. The number of nitrogens with one attached hydrogen (secondary N) is 1. The second-order valence-electron chi connectivity index (χ2n) is 7.54. The van der Waals surface area contributed by atoms with Gasteiger partial charge < -0.3 is 15.3 Å². The number of aliphatic carboxylic acids is 1. The molecule has 3 aromatic rings. The number of piperidine rings is 1. The van der Waals surface area contributed by atoms with Gasteiger partial charge in [-0.1, -0.05) is 6.07 Å². The molecule has 1 aliphatic rings. The second-order valence-corrected chi connectivity index (χ2v) is 8.60. The van der Waals surface area contributed by atoms with Gasteiger partial charge in [0.2, 0.25) is 5.91 Å². The third-order valence-electron chi connectivity index (χ3n) is 5.20. The van der Waals surface area contributed by atoms with E-state index in [0.717, 1.165) is 45.6 Å². The summed E-state index contributed by atoms with van der Waals surface area (Å²) in [6.07, 6.45) is 4.73. The number of hydrogen-bond acceptors (Lipinski definition) is 7. The van der Waals surface area contributed by atoms with E-state index in [1.807, 2.05) is 43.5 Å². The van der Waals surface area contributed by atoms with Crippen LogP contribution in [-0.2, 0) is 9.59 Å². The number of anilines is 2. The van der Waals surface area contributed by atoms with Crippen LogP contribution in [-0.4, -0.2) is 49.9 Å². The number of aryl methyl sites for hydroxylation is 1. The topological polar surface area (TPSA) is 108 Å². The van der Waals surface area contributed by atoms with E-state index >= 15 is 0 Å². The lowest BCUT2D eigenvalue weighted by atomic mass is 9.97. The van der Waals surface area contributed by atoms with Gasteiger partial charge in [0.25, 0.3) is 0 Å². The van der Waals surface area contributed by atoms with Crippen LogP contribution in [0.4, 0.5) is 11.6 Å². The number of thiazole rings is 1. The maximum Gasteiger partial charge on any atom is 0.312 e. The summed E-state index contributed by atoms with van der Waals surface area (Å²) < 4.78 is 0. The maximum absolute atomic E-state index is 11.9. The normalized spacial score (nSPS) is 14.4. The molecule has 160 valence electrons. The Hall–Kier alpha value is -3.33. The zero-order chi connectivity index (χ0) is 21.8. The van der Waals surface area contributed by atoms with Crippen LogP contribution in [0.1, 0.15) is 35.8 Å². The van der Waals surface area contributed by atoms with Gasteiger partial charge in [-0.2, -0.15) is 0 Å². The average molecular weight is 438 g/mol. The number of likely N-dealkylation sites (tertiary alicyclic amines) is 1. The Morgan fingerprint density at radius 2 is 2.00 bits per heavy atom. The van der Waals surface area contributed by atoms with Crippen LogP contribution in [0, 0.1) is 6.92 Å². The van der Waals surface area contributed by atoms with Crippen LogP contribution in [0.15, 0.2) is 42.7 Å². The van der Waals surface area contributed by atoms with Crippen molar-refractivity contribution in [2.24, 2.45) is 0 Å². The van der Waals surface area contributed by atoms with Crippen LogP contribution in [0.3, 0.4) is 0 Å². The molecule has 0 unspecified atom stereocenters. The van der Waals surface area contributed by atoms with Crippen molar-refractivity contribution in [3.8, 4) is 10.6 Å². The Balaban J connectivity index is 1.41. The van der Waals surface area contributed by atoms with E-state index in [-0.39, 0.29) is 11.8 Å². The van der Waals surface area contributed by atoms with Gasteiger partial charge in [0.05, 0.1) is 15.6 Å². The first-order chi connectivity index (χ1) is 15.0. The monoisotopic (exact) mass is 437 g/mol. The van der Waals surface area contributed by atoms with Gasteiger partial charge in [0.1, 0.15) is 18.1 Å². The van der Waals surface area contributed by atoms with Crippen molar-refractivity contribution >= 4 is 34.8 Å². The second kappa shape index (κ2) is 9.22. The summed E-state index contributed by atoms with van der Waals surface area (Å²) in [5.74, 6) is 0.335. The molecule has 9 heteroatoms. The zero-order valence-corrected chi connectivity index (χ0v) is 17.9. The molecule has 3 aromatic heterocycles. The quantitative estimate of drug-likeness (QED) is 0.564. The van der Waals surface area contributed by atoms with Gasteiger partial charge in [0, 0.05) is 31.4 Å². The fourth-order valence-electron chi connectivity index (χ4n) is 3.59. The Bertz CT molecular complexity index is 1090. The lowest BCUT2D eigenvalue weighted by molar-refractivity contribution is -0.144. The van der Waals surface area contributed by atoms with Crippen LogP contribution < -0.4 is 5.32 Å². The predicted molar refractivity (Wildman–Crippen MR) is 118 cm³/mol. The van der Waals surface area contributed by atoms with Crippen molar-refractivity contribution in [2.45, 2.75) is 32.1 Å². The summed E-state index contributed by atoms with van der Waals surface area (Å²) in [6, 6.07) is 9.72. The standard InChI is InChI=1S/C22H23N5O3S/c1-14-5-8-23-19(11-14)26-18-4-2-3-16(25-18)17-13-24-22(31-17)15-6-9-27(10-7-15)20(28)12-21(29)30/h2-5,8,11,13,15H,6-7,9-10,12H2,1H3,(H,29,30)(H,23,25,26). The molecule has 1 fully saturated rings. The Morgan fingerprint density at radius 1 is 1.19 bits per heavy atom. The van der Waals surface area contributed by atoms with Crippen molar-refractivity contribution < 1.29 is 14.7 Å². The fraction of sp³-hybridized carbons (Fsp3) is 0.318. The summed E-state index contributed by atoms with van der Waals surface area (Å²) in [6.45, 7) is 3.14. The minimum absolute atomic E-state index is 0.269. The molecular weight excluding hydrogens is 414 g/mol. The van der Waals surface area contributed by atoms with Gasteiger partial charge in [-0.05, 0) is 49.6 Å². The first kappa shape index (κ1) is 20.9. The maximum atomic E-state index is 11.9. The number of carbonyl (C=O) groups is 2. The average Bonchev–Trinajstić information content (AvgIpc) is 3.24. The molecule has 4 heterocycles. The van der Waals surface area contributed by atoms with Crippen molar-refractivity contribution in [2.75, 3.05) is 18.4 Å². The van der Waals surface area contributed by atoms with E-state index in [1.54, 1.807) is 22.4 Å². The highest BCUT2D eigenvalue weighted by atomic mass is 32.1. The van der Waals surface area contributed by atoms with Gasteiger partial charge in [0.15, 0.2) is 0 Å². The van der Waals surface area contributed by atoms with Gasteiger partial charge in [-0.15, -0.1) is 11.3 Å². The molecule has 2 N–H and O–H groups in total. The molecule has 0 saturated carbocycles. The zero-order valence-electron chi connectivity index (χ0n) is 17.1. The summed E-state index contributed by atoms with van der Waals surface area (Å²) in [5, 5.41) is 13.1. The highest BCUT2D eigenvalue weighted by Crippen LogP contribution is 2.34. The number of aromatic nitrogens is 3. The molecule has 0 atom stereocenters. The smallest absolute Gasteiger partial charge is 0.312 e. The summed E-state index contributed by atoms with van der Waals surface area (Å²) in [5.41, 5.74) is 1.96. The van der Waals surface area contributed by atoms with E-state index in [4.69, 9.17) is 10.1 Å². The van der Waals surface area contributed by atoms with Crippen LogP contribution in [0.25, 0.3) is 10.6 Å². The van der Waals surface area contributed by atoms with Crippen molar-refractivity contribution in [3.05, 3.63) is 53.3 Å². The molecule has 0 radical (unpaired) electrons. The number of nitrogens with zero attached hydrogens (tertiary/aromatic N) is 4. The minimum Gasteiger partial charge on any atom is -0.481 e. The van der Waals surface area contributed by atoms with E-state index in [1.165, 1.54) is 0 Å². The third-order valence-corrected chi connectivity index (χ3v) is 6.38. The van der Waals surface area contributed by atoms with E-state index < -0.39 is 12.4 Å². The van der Waals surface area contributed by atoms with Gasteiger partial charge in [-0.3, -0.25) is 9.59 Å². The number of rotatable bonds is 6. The van der Waals surface area contributed by atoms with Crippen LogP contribution in [0.2, 0.25) is 0 Å². The molecule has 1 amide bonds. The third kappa shape index (κ3) is 5.24. The van der Waals surface area contributed by atoms with Crippen molar-refractivity contribution in [1.82, 2.24) is 19.9 Å². The number of carboxylic acid groups (broad SMARTS) is 1. The SMILES string of the molecule is Cc1ccnc(Nc2cccc(-c3cnc(C4CCN(C(=O)CC(=O)O)CC4)s3)n2)c1. The Morgan fingerprint density at radius 3 is 2.74 bits per heavy atom. The predicted octanol–water partition coefficient (Wildman–Crippen LogP) is 3.83. The van der Waals surface area contributed by atoms with Crippen LogP contribution in [0.5, 0.6) is 0 Å². The molecule has 1 aliphatic heterocycles. The summed E-state index contributed by atoms with van der Waals surface area (Å²) in [4.78, 5) is 38.9. The van der Waals surface area contributed by atoms with E-state index in [2.05, 4.69) is 15.3 Å². The van der Waals surface area contributed by atoms with Crippen molar-refractivity contribution in [1.29, 1.82) is 0 Å². The summed E-state index contributed by atoms with van der Waals surface area (Å²) >= 11 is 1.62. The number of amides is 1. The first-order valence-corrected chi connectivity index (χ1v) is 10.9. The van der Waals surface area contributed by atoms with E-state index in [9.17, 15) is 9.59 Å². The van der Waals surface area contributed by atoms with Crippen LogP contribution >= 0.6 is 11.3 Å². The van der Waals surface area contributed by atoms with Gasteiger partial charge in [-0.25, -0.2) is 15.0 Å². The largest absolute Gasteiger partial charge is 0.481 e. The molecule has 0 spiro atoms. The lowest BCUT2D eigenvalue weighted by Gasteiger charge is -2.30. The number of hydrogen-bond donors (Lipinski definition) is 2. The molecule has 1 saturated heterocycles. The number of carboxylic acids is 1. The molecule has 0 aromatic carbocycles. The van der Waals surface area contributed by atoms with Crippen molar-refractivity contribution in [3.63, 3.8) is 0 Å². The number of pyridine rings is 2. The lowest BCUT2D eigenvalue weighted by Crippen LogP contribution is -2.38. The Kier molecular flexibility index (Phi) is 6.22. The van der Waals surface area contributed by atoms with Gasteiger partial charge >= 0.3 is 5.97 Å². The molecule has 0 bridgehead atoms. The first-order valence-electron chi connectivity index (χ1n) is 10.1. The molecular formula is C22H23N5O3S. The van der Waals surface area contributed by atoms with E-state index in [0.29, 0.717) is 13.1 Å². The molecule has 0 aliphatic carbocycles. The number of carbonyl (C=O) groups excluding carboxylic acids is 1. The molecule has 4 rings (SSSR count). The molecule has 31 heavy (non-hydrogen) atoms.